The van der Waals surface area contributed by atoms with E-state index in [9.17, 15) is 9.50 Å². The van der Waals surface area contributed by atoms with Gasteiger partial charge in [0.1, 0.15) is 5.82 Å². The maximum atomic E-state index is 13.9. The molecule has 0 aromatic heterocycles. The fraction of sp³-hybridized carbons (Fsp3) is 0.571. The lowest BCUT2D eigenvalue weighted by atomic mass is 10.1. The van der Waals surface area contributed by atoms with E-state index in [0.29, 0.717) is 18.2 Å². The van der Waals surface area contributed by atoms with Crippen LogP contribution in [0.2, 0.25) is 0 Å². The molecule has 0 amide bonds. The van der Waals surface area contributed by atoms with Crippen molar-refractivity contribution < 1.29 is 9.50 Å². The second-order valence-electron chi connectivity index (χ2n) is 4.92. The third kappa shape index (κ3) is 3.68. The molecule has 0 aliphatic heterocycles. The maximum Gasteiger partial charge on any atom is 0.129 e. The summed E-state index contributed by atoms with van der Waals surface area (Å²) >= 11 is 0. The van der Waals surface area contributed by atoms with Gasteiger partial charge in [-0.3, -0.25) is 0 Å². The smallest absolute Gasteiger partial charge is 0.129 e. The Hall–Kier alpha value is -1.13. The summed E-state index contributed by atoms with van der Waals surface area (Å²) < 4.78 is 13.9. The van der Waals surface area contributed by atoms with Crippen LogP contribution >= 0.6 is 0 Å². The third-order valence-electron chi connectivity index (χ3n) is 3.09. The summed E-state index contributed by atoms with van der Waals surface area (Å²) in [5.74, 6) is -0.211. The number of halogens is 1. The summed E-state index contributed by atoms with van der Waals surface area (Å²) in [6.45, 7) is 6.50. The molecule has 0 saturated heterocycles. The van der Waals surface area contributed by atoms with Crippen LogP contribution in [0.15, 0.2) is 18.2 Å². The summed E-state index contributed by atoms with van der Waals surface area (Å²) in [5, 5.41) is 12.4. The van der Waals surface area contributed by atoms with Crippen LogP contribution in [-0.2, 0) is 6.54 Å². The number of nitrogens with zero attached hydrogens (tertiary/aromatic N) is 1. The van der Waals surface area contributed by atoms with Crippen LogP contribution < -0.4 is 10.2 Å². The van der Waals surface area contributed by atoms with Gasteiger partial charge in [0, 0.05) is 36.9 Å². The quantitative estimate of drug-likeness (QED) is 0.816. The molecule has 1 aromatic carbocycles. The molecule has 0 aliphatic rings. The van der Waals surface area contributed by atoms with Gasteiger partial charge in [-0.15, -0.1) is 0 Å². The molecular weight excluding hydrogens is 231 g/mol. The molecule has 0 radical (unpaired) electrons. The number of aliphatic hydroxyl groups excluding tert-OH is 1. The zero-order valence-electron chi connectivity index (χ0n) is 11.6. The first-order chi connectivity index (χ1) is 8.47. The first-order valence-corrected chi connectivity index (χ1v) is 6.31. The first kappa shape index (κ1) is 14.9. The van der Waals surface area contributed by atoms with Crippen molar-refractivity contribution >= 4 is 5.69 Å². The molecule has 3 nitrogen and oxygen atoms in total. The lowest BCUT2D eigenvalue weighted by molar-refractivity contribution is 0.270. The standard InChI is InChI=1S/C14H23FN2O/c1-10(2)16-8-12-13(15)6-5-7-14(12)17(4)11(3)9-18/h5-7,10-11,16,18H,8-9H2,1-4H3. The highest BCUT2D eigenvalue weighted by Crippen LogP contribution is 2.23. The van der Waals surface area contributed by atoms with Crippen LogP contribution in [0.4, 0.5) is 10.1 Å². The van der Waals surface area contributed by atoms with E-state index in [1.54, 1.807) is 6.07 Å². The zero-order valence-corrected chi connectivity index (χ0v) is 11.6. The first-order valence-electron chi connectivity index (χ1n) is 6.31. The molecule has 2 N–H and O–H groups in total. The second kappa shape index (κ2) is 6.71. The van der Waals surface area contributed by atoms with Gasteiger partial charge in [0.25, 0.3) is 0 Å². The Balaban J connectivity index is 2.99. The van der Waals surface area contributed by atoms with Crippen LogP contribution in [0.5, 0.6) is 0 Å². The van der Waals surface area contributed by atoms with Crippen LogP contribution in [0.1, 0.15) is 26.3 Å². The van der Waals surface area contributed by atoms with E-state index in [0.717, 1.165) is 5.69 Å². The van der Waals surface area contributed by atoms with Crippen molar-refractivity contribution in [2.45, 2.75) is 39.4 Å². The Morgan fingerprint density at radius 3 is 2.56 bits per heavy atom. The van der Waals surface area contributed by atoms with Gasteiger partial charge in [-0.05, 0) is 19.1 Å². The molecule has 102 valence electrons. The fourth-order valence-electron chi connectivity index (χ4n) is 1.72. The van der Waals surface area contributed by atoms with Crippen LogP contribution in [-0.4, -0.2) is 30.8 Å². The number of hydrogen-bond acceptors (Lipinski definition) is 3. The summed E-state index contributed by atoms with van der Waals surface area (Å²) in [4.78, 5) is 1.90. The molecular formula is C14H23FN2O. The number of aliphatic hydroxyl groups is 1. The molecule has 0 fully saturated rings. The molecule has 1 atom stereocenters. The normalized spacial score (nSPS) is 12.8. The number of hydrogen-bond donors (Lipinski definition) is 2. The minimum absolute atomic E-state index is 0.0374. The predicted molar refractivity (Wildman–Crippen MR) is 73.3 cm³/mol. The van der Waals surface area contributed by atoms with Crippen molar-refractivity contribution in [3.63, 3.8) is 0 Å². The highest BCUT2D eigenvalue weighted by atomic mass is 19.1. The number of benzene rings is 1. The number of rotatable bonds is 6. The Bertz CT molecular complexity index is 382. The van der Waals surface area contributed by atoms with E-state index < -0.39 is 0 Å². The van der Waals surface area contributed by atoms with E-state index in [2.05, 4.69) is 5.32 Å². The van der Waals surface area contributed by atoms with Gasteiger partial charge in [-0.1, -0.05) is 19.9 Å². The van der Waals surface area contributed by atoms with E-state index in [4.69, 9.17) is 0 Å². The Kier molecular flexibility index (Phi) is 5.56. The third-order valence-corrected chi connectivity index (χ3v) is 3.09. The van der Waals surface area contributed by atoms with Crippen molar-refractivity contribution in [2.24, 2.45) is 0 Å². The predicted octanol–water partition coefficient (Wildman–Crippen LogP) is 2.14. The molecule has 1 aromatic rings. The SMILES string of the molecule is CC(C)NCc1c(F)cccc1N(C)C(C)CO. The molecule has 1 unspecified atom stereocenters. The number of nitrogens with one attached hydrogen (secondary N) is 1. The van der Waals surface area contributed by atoms with Crippen molar-refractivity contribution in [1.29, 1.82) is 0 Å². The van der Waals surface area contributed by atoms with Gasteiger partial charge in [0.2, 0.25) is 0 Å². The average Bonchev–Trinajstić information content (AvgIpc) is 2.35. The van der Waals surface area contributed by atoms with Gasteiger partial charge < -0.3 is 15.3 Å². The van der Waals surface area contributed by atoms with E-state index in [1.807, 2.05) is 38.8 Å². The summed E-state index contributed by atoms with van der Waals surface area (Å²) in [5.41, 5.74) is 1.47. The molecule has 0 spiro atoms. The van der Waals surface area contributed by atoms with Gasteiger partial charge in [0.15, 0.2) is 0 Å². The van der Waals surface area contributed by atoms with Crippen molar-refractivity contribution in [2.75, 3.05) is 18.6 Å². The van der Waals surface area contributed by atoms with Gasteiger partial charge in [-0.25, -0.2) is 4.39 Å². The van der Waals surface area contributed by atoms with E-state index >= 15 is 0 Å². The molecule has 0 aliphatic carbocycles. The summed E-state index contributed by atoms with van der Waals surface area (Å²) in [6.07, 6.45) is 0. The minimum Gasteiger partial charge on any atom is -0.394 e. The molecule has 0 bridgehead atoms. The fourth-order valence-corrected chi connectivity index (χ4v) is 1.72. The Labute approximate surface area is 109 Å². The monoisotopic (exact) mass is 254 g/mol. The topological polar surface area (TPSA) is 35.5 Å². The van der Waals surface area contributed by atoms with Crippen molar-refractivity contribution in [3.05, 3.63) is 29.6 Å². The summed E-state index contributed by atoms with van der Waals surface area (Å²) in [6, 6.07) is 5.32. The van der Waals surface area contributed by atoms with Crippen molar-refractivity contribution in [3.8, 4) is 0 Å². The van der Waals surface area contributed by atoms with Crippen LogP contribution in [0, 0.1) is 5.82 Å². The average molecular weight is 254 g/mol. The lowest BCUT2D eigenvalue weighted by Crippen LogP contribution is -2.33. The Morgan fingerprint density at radius 2 is 2.00 bits per heavy atom. The van der Waals surface area contributed by atoms with Gasteiger partial charge >= 0.3 is 0 Å². The summed E-state index contributed by atoms with van der Waals surface area (Å²) in [7, 11) is 1.87. The number of likely N-dealkylation sites (N-methyl/N-ethyl adjacent to an activating group) is 1. The highest BCUT2D eigenvalue weighted by molar-refractivity contribution is 5.54. The number of anilines is 1. The Morgan fingerprint density at radius 1 is 1.33 bits per heavy atom. The molecule has 0 heterocycles. The lowest BCUT2D eigenvalue weighted by Gasteiger charge is -2.28. The zero-order chi connectivity index (χ0) is 13.7. The van der Waals surface area contributed by atoms with Crippen LogP contribution in [0.3, 0.4) is 0 Å². The van der Waals surface area contributed by atoms with Crippen molar-refractivity contribution in [1.82, 2.24) is 5.32 Å². The maximum absolute atomic E-state index is 13.9. The van der Waals surface area contributed by atoms with Crippen LogP contribution in [0.25, 0.3) is 0 Å². The second-order valence-corrected chi connectivity index (χ2v) is 4.92. The molecule has 18 heavy (non-hydrogen) atoms. The molecule has 0 saturated carbocycles. The van der Waals surface area contributed by atoms with E-state index in [1.165, 1.54) is 6.07 Å². The molecule has 1 rings (SSSR count). The largest absolute Gasteiger partial charge is 0.394 e. The van der Waals surface area contributed by atoms with Gasteiger partial charge in [-0.2, -0.15) is 0 Å². The minimum atomic E-state index is -0.211. The van der Waals surface area contributed by atoms with Gasteiger partial charge in [0.05, 0.1) is 6.61 Å². The molecule has 4 heteroatoms. The van der Waals surface area contributed by atoms with E-state index in [-0.39, 0.29) is 18.5 Å². The highest BCUT2D eigenvalue weighted by Gasteiger charge is 2.15.